The number of aliphatic hydroxyl groups is 1. The van der Waals surface area contributed by atoms with E-state index in [2.05, 4.69) is 29.3 Å². The molecule has 3 unspecified atom stereocenters. The zero-order valence-corrected chi connectivity index (χ0v) is 25.8. The topological polar surface area (TPSA) is 264 Å². The van der Waals surface area contributed by atoms with Crippen molar-refractivity contribution in [2.75, 3.05) is 31.8 Å². The number of hydrogen-bond acceptors (Lipinski definition) is 18. The lowest BCUT2D eigenvalue weighted by molar-refractivity contribution is -0.0391. The fraction of sp³-hybridized carbons (Fsp3) is 0.565. The second kappa shape index (κ2) is 10.7. The summed E-state index contributed by atoms with van der Waals surface area (Å²) in [4.78, 5) is 32.0. The number of imidazole rings is 1. The van der Waals surface area contributed by atoms with Crippen molar-refractivity contribution >= 4 is 62.0 Å². The maximum atomic E-state index is 13.3. The Morgan fingerprint density at radius 2 is 1.89 bits per heavy atom. The SMILES string of the molecule is CO[C@H]1[C@H]2O[P+](=O)OC[C@@H]3[C@@H](O[P+](=O)OC[C@H]1O[C@H]2c1snc2c(=O)[nH]c(N)nc12)[C@@H](O)C1(n2cnc4c(N)ncnc42)C[C@@H]31. The molecule has 11 atom stereocenters. The largest absolute Gasteiger partial charge is 0.697 e. The van der Waals surface area contributed by atoms with Gasteiger partial charge in [-0.3, -0.25) is 9.78 Å². The average molecular weight is 682 g/mol. The second-order valence-corrected chi connectivity index (χ2v) is 13.8. The highest BCUT2D eigenvalue weighted by molar-refractivity contribution is 7.33. The van der Waals surface area contributed by atoms with Crippen molar-refractivity contribution in [2.24, 2.45) is 11.8 Å². The quantitative estimate of drug-likeness (QED) is 0.217. The molecule has 4 aromatic heterocycles. The zero-order chi connectivity index (χ0) is 31.2. The molecule has 2 aliphatic heterocycles. The van der Waals surface area contributed by atoms with E-state index in [0.717, 1.165) is 11.5 Å². The summed E-state index contributed by atoms with van der Waals surface area (Å²) in [6.45, 7) is -0.453. The fourth-order valence-electron chi connectivity index (χ4n) is 6.91. The molecule has 4 aromatic rings. The summed E-state index contributed by atoms with van der Waals surface area (Å²) in [5, 5.41) is 11.6. The van der Waals surface area contributed by atoms with Gasteiger partial charge >= 0.3 is 16.5 Å². The molecule has 236 valence electrons. The van der Waals surface area contributed by atoms with Crippen LogP contribution in [0.15, 0.2) is 17.4 Å². The Kier molecular flexibility index (Phi) is 6.96. The van der Waals surface area contributed by atoms with Gasteiger partial charge in [0, 0.05) is 22.2 Å². The van der Waals surface area contributed by atoms with Crippen LogP contribution in [0.3, 0.4) is 0 Å². The molecule has 6 heterocycles. The summed E-state index contributed by atoms with van der Waals surface area (Å²) in [6.07, 6.45) is -2.65. The second-order valence-electron chi connectivity index (χ2n) is 11.1. The maximum absolute atomic E-state index is 13.3. The van der Waals surface area contributed by atoms with Crippen LogP contribution in [0.2, 0.25) is 0 Å². The van der Waals surface area contributed by atoms with Gasteiger partial charge in [-0.25, -0.2) is 19.9 Å². The van der Waals surface area contributed by atoms with Crippen molar-refractivity contribution in [2.45, 2.75) is 48.6 Å². The minimum absolute atomic E-state index is 0.0466. The predicted molar refractivity (Wildman–Crippen MR) is 153 cm³/mol. The van der Waals surface area contributed by atoms with E-state index in [-0.39, 0.29) is 41.9 Å². The molecule has 4 aliphatic rings. The standard InChI is InChI=1S/C23H24N9O10P2S/c1-37-14-9-4-39-44(36)41-13-7(8-2-23(8,18(13)33)32-6-28-12-19(24)26-5-27-20(12)32)3-38-43(35)42-15(14)16(40-9)17-10-11(31-45-17)21(34)30-22(25)29-10/h5-9,13-16,18,33H,2-4H2,1H3,(H4-,24,25,26,27,29,30,34)/q+1/p+1/t7-,8-,9+,13+,14+,15+,16+,18+,23?/m0/s1. The summed E-state index contributed by atoms with van der Waals surface area (Å²) in [5.74, 6) is -0.744. The maximum Gasteiger partial charge on any atom is 0.697 e. The third-order valence-electron chi connectivity index (χ3n) is 8.96. The molecule has 2 bridgehead atoms. The first kappa shape index (κ1) is 29.3. The van der Waals surface area contributed by atoms with Crippen LogP contribution >= 0.6 is 28.0 Å². The molecule has 0 aromatic carbocycles. The smallest absolute Gasteiger partial charge is 0.388 e. The summed E-state index contributed by atoms with van der Waals surface area (Å²) in [5.41, 5.74) is 11.3. The van der Waals surface area contributed by atoms with Crippen molar-refractivity contribution < 1.29 is 41.8 Å². The van der Waals surface area contributed by atoms with Gasteiger partial charge in [-0.1, -0.05) is 0 Å². The Hall–Kier alpha value is -3.16. The normalized spacial score (nSPS) is 36.8. The molecule has 0 spiro atoms. The van der Waals surface area contributed by atoms with Crippen molar-refractivity contribution in [1.82, 2.24) is 33.9 Å². The molecule has 8 rings (SSSR count). The Bertz CT molecular complexity index is 1920. The van der Waals surface area contributed by atoms with E-state index in [1.54, 1.807) is 4.57 Å². The van der Waals surface area contributed by atoms with E-state index in [9.17, 15) is 19.0 Å². The van der Waals surface area contributed by atoms with E-state index < -0.39 is 70.1 Å². The Morgan fingerprint density at radius 1 is 1.11 bits per heavy atom. The summed E-state index contributed by atoms with van der Waals surface area (Å²) in [6, 6.07) is 0. The number of nitrogens with two attached hydrogens (primary N) is 2. The van der Waals surface area contributed by atoms with Gasteiger partial charge in [0.2, 0.25) is 5.95 Å². The Balaban J connectivity index is 1.10. The monoisotopic (exact) mass is 681 g/mol. The molecule has 6 N–H and O–H groups in total. The number of aliphatic hydroxyl groups excluding tert-OH is 1. The number of aromatic amines is 1. The third-order valence-corrected chi connectivity index (χ3v) is 11.4. The van der Waals surface area contributed by atoms with Crippen LogP contribution in [0.4, 0.5) is 11.8 Å². The molecule has 2 aliphatic carbocycles. The summed E-state index contributed by atoms with van der Waals surface area (Å²) < 4.78 is 67.4. The number of anilines is 2. The lowest BCUT2D eigenvalue weighted by atomic mass is 10.0. The number of aromatic nitrogens is 7. The molecule has 2 saturated heterocycles. The van der Waals surface area contributed by atoms with Crippen LogP contribution in [0.5, 0.6) is 0 Å². The van der Waals surface area contributed by atoms with Gasteiger partial charge in [-0.2, -0.15) is 4.37 Å². The molecule has 4 fully saturated rings. The predicted octanol–water partition coefficient (Wildman–Crippen LogP) is 0.677. The Morgan fingerprint density at radius 3 is 2.69 bits per heavy atom. The lowest BCUT2D eigenvalue weighted by Gasteiger charge is -2.23. The highest BCUT2D eigenvalue weighted by Gasteiger charge is 2.75. The fourth-order valence-corrected chi connectivity index (χ4v) is 9.37. The van der Waals surface area contributed by atoms with Crippen LogP contribution in [-0.2, 0) is 42.2 Å². The van der Waals surface area contributed by atoms with Crippen LogP contribution in [-0.4, -0.2) is 89.8 Å². The number of methoxy groups -OCH3 is 1. The van der Waals surface area contributed by atoms with Gasteiger partial charge in [-0.15, -0.1) is 18.1 Å². The van der Waals surface area contributed by atoms with Crippen molar-refractivity contribution in [3.63, 3.8) is 0 Å². The van der Waals surface area contributed by atoms with Crippen molar-refractivity contribution in [3.8, 4) is 0 Å². The lowest BCUT2D eigenvalue weighted by Crippen LogP contribution is -2.40. The van der Waals surface area contributed by atoms with Gasteiger partial charge in [0.05, 0.1) is 16.7 Å². The minimum atomic E-state index is -2.79. The summed E-state index contributed by atoms with van der Waals surface area (Å²) >= 11 is 0.941. The van der Waals surface area contributed by atoms with Gasteiger partial charge in [0.15, 0.2) is 23.1 Å². The highest BCUT2D eigenvalue weighted by Crippen LogP contribution is 2.66. The van der Waals surface area contributed by atoms with E-state index in [1.165, 1.54) is 19.8 Å². The van der Waals surface area contributed by atoms with Crippen LogP contribution < -0.4 is 17.0 Å². The number of ether oxygens (including phenoxy) is 2. The van der Waals surface area contributed by atoms with E-state index in [4.69, 9.17) is 39.0 Å². The molecule has 45 heavy (non-hydrogen) atoms. The number of H-pyrrole nitrogens is 1. The molecule has 2 saturated carbocycles. The zero-order valence-electron chi connectivity index (χ0n) is 23.2. The first-order valence-electron chi connectivity index (χ1n) is 13.7. The van der Waals surface area contributed by atoms with Crippen LogP contribution in [0, 0.1) is 11.8 Å². The van der Waals surface area contributed by atoms with Crippen molar-refractivity contribution in [1.29, 1.82) is 0 Å². The molecule has 19 nitrogen and oxygen atoms in total. The van der Waals surface area contributed by atoms with Gasteiger partial charge in [-0.05, 0) is 23.9 Å². The third kappa shape index (κ3) is 4.44. The minimum Gasteiger partial charge on any atom is -0.388 e. The molecular formula is C23H25N9O10P2S+2. The van der Waals surface area contributed by atoms with Gasteiger partial charge in [0.25, 0.3) is 5.56 Å². The molecule has 0 radical (unpaired) electrons. The van der Waals surface area contributed by atoms with E-state index in [1.807, 2.05) is 0 Å². The average Bonchev–Trinajstić information content (AvgIpc) is 3.30. The number of rotatable bonds is 3. The molecule has 0 amide bonds. The molecule has 22 heteroatoms. The van der Waals surface area contributed by atoms with Gasteiger partial charge < -0.3 is 30.6 Å². The highest BCUT2D eigenvalue weighted by atomic mass is 32.1. The number of nitrogens with one attached hydrogen (secondary N) is 1. The van der Waals surface area contributed by atoms with Crippen LogP contribution in [0.1, 0.15) is 17.4 Å². The number of nitrogen functional groups attached to an aromatic ring is 2. The van der Waals surface area contributed by atoms with Crippen molar-refractivity contribution in [3.05, 3.63) is 27.9 Å². The Labute approximate surface area is 257 Å². The van der Waals surface area contributed by atoms with E-state index >= 15 is 0 Å². The first-order valence-corrected chi connectivity index (χ1v) is 16.7. The summed E-state index contributed by atoms with van der Waals surface area (Å²) in [7, 11) is -4.17. The number of nitrogens with zero attached hydrogens (tertiary/aromatic N) is 6. The van der Waals surface area contributed by atoms with E-state index in [0.29, 0.717) is 22.5 Å². The molecular weight excluding hydrogens is 656 g/mol. The van der Waals surface area contributed by atoms with Crippen LogP contribution in [0.25, 0.3) is 22.2 Å². The van der Waals surface area contributed by atoms with Gasteiger partial charge in [0.1, 0.15) is 61.1 Å². The number of hydrogen-bond donors (Lipinski definition) is 4. The number of fused-ring (bicyclic) bond motifs is 7. The first-order chi connectivity index (χ1) is 21.7.